The van der Waals surface area contributed by atoms with E-state index >= 15 is 0 Å². The monoisotopic (exact) mass is 263 g/mol. The van der Waals surface area contributed by atoms with E-state index in [-0.39, 0.29) is 11.4 Å². The fourth-order valence-corrected chi connectivity index (χ4v) is 1.65. The molecule has 106 valence electrons. The Morgan fingerprint density at radius 3 is 2.26 bits per heavy atom. The first-order valence-corrected chi connectivity index (χ1v) is 6.60. The summed E-state index contributed by atoms with van der Waals surface area (Å²) in [6, 6.07) is 8.12. The van der Waals surface area contributed by atoms with Crippen LogP contribution in [-0.4, -0.2) is 19.1 Å². The van der Waals surface area contributed by atoms with Crippen molar-refractivity contribution < 1.29 is 4.74 Å². The topological polar surface area (TPSA) is 73.6 Å². The number of nitrogens with zero attached hydrogens (tertiary/aromatic N) is 1. The highest BCUT2D eigenvalue weighted by Crippen LogP contribution is 2.25. The summed E-state index contributed by atoms with van der Waals surface area (Å²) in [5.41, 5.74) is 11.8. The van der Waals surface area contributed by atoms with Gasteiger partial charge in [-0.05, 0) is 23.6 Å². The number of nitrogens with two attached hydrogens (primary N) is 2. The molecule has 4 heteroatoms. The molecule has 0 aliphatic heterocycles. The molecule has 4 N–H and O–H groups in total. The molecule has 0 saturated heterocycles. The van der Waals surface area contributed by atoms with Crippen LogP contribution in [0.2, 0.25) is 0 Å². The van der Waals surface area contributed by atoms with E-state index in [1.54, 1.807) is 0 Å². The number of guanidine groups is 1. The molecule has 0 aliphatic carbocycles. The van der Waals surface area contributed by atoms with Crippen LogP contribution >= 0.6 is 0 Å². The minimum atomic E-state index is -0.0967. The second kappa shape index (κ2) is 6.45. The van der Waals surface area contributed by atoms with E-state index in [0.717, 1.165) is 12.4 Å². The van der Waals surface area contributed by atoms with Crippen molar-refractivity contribution in [2.45, 2.75) is 33.1 Å². The average Bonchev–Trinajstić information content (AvgIpc) is 2.34. The van der Waals surface area contributed by atoms with Crippen LogP contribution in [0.5, 0.6) is 5.75 Å². The quantitative estimate of drug-likeness (QED) is 0.611. The third-order valence-corrected chi connectivity index (χ3v) is 2.88. The van der Waals surface area contributed by atoms with Crippen LogP contribution in [0, 0.1) is 5.92 Å². The van der Waals surface area contributed by atoms with E-state index < -0.39 is 0 Å². The summed E-state index contributed by atoms with van der Waals surface area (Å²) in [4.78, 5) is 4.10. The van der Waals surface area contributed by atoms with Gasteiger partial charge in [-0.1, -0.05) is 39.8 Å². The number of ether oxygens (including phenoxy) is 1. The summed E-state index contributed by atoms with van der Waals surface area (Å²) in [6.07, 6.45) is 0. The van der Waals surface area contributed by atoms with Crippen LogP contribution in [-0.2, 0) is 5.41 Å². The molecular formula is C15H25N3O. The van der Waals surface area contributed by atoms with Gasteiger partial charge in [0, 0.05) is 5.41 Å². The Hall–Kier alpha value is -1.71. The Balaban J connectivity index is 2.71. The average molecular weight is 263 g/mol. The number of aliphatic imine (C=N–C) groups is 1. The number of hydrogen-bond acceptors (Lipinski definition) is 2. The minimum absolute atomic E-state index is 0.0967. The molecule has 0 heterocycles. The van der Waals surface area contributed by atoms with Crippen molar-refractivity contribution in [3.63, 3.8) is 0 Å². The SMILES string of the molecule is CC(C)COc1ccc(C(C)(C)CN=C(N)N)cc1. The van der Waals surface area contributed by atoms with E-state index in [0.29, 0.717) is 12.5 Å². The highest BCUT2D eigenvalue weighted by Gasteiger charge is 2.20. The number of hydrogen-bond donors (Lipinski definition) is 2. The van der Waals surface area contributed by atoms with Crippen LogP contribution in [0.1, 0.15) is 33.3 Å². The molecule has 0 radical (unpaired) electrons. The lowest BCUT2D eigenvalue weighted by molar-refractivity contribution is 0.271. The molecule has 0 spiro atoms. The predicted molar refractivity (Wildman–Crippen MR) is 80.5 cm³/mol. The van der Waals surface area contributed by atoms with Crippen molar-refractivity contribution in [3.8, 4) is 5.75 Å². The van der Waals surface area contributed by atoms with Crippen molar-refractivity contribution in [3.05, 3.63) is 29.8 Å². The summed E-state index contributed by atoms with van der Waals surface area (Å²) < 4.78 is 5.67. The highest BCUT2D eigenvalue weighted by molar-refractivity contribution is 5.75. The molecule has 1 aromatic carbocycles. The molecule has 0 atom stereocenters. The number of benzene rings is 1. The molecule has 0 unspecified atom stereocenters. The predicted octanol–water partition coefficient (Wildman–Crippen LogP) is 2.27. The molecule has 1 rings (SSSR count). The van der Waals surface area contributed by atoms with Gasteiger partial charge in [-0.2, -0.15) is 0 Å². The molecule has 19 heavy (non-hydrogen) atoms. The van der Waals surface area contributed by atoms with Crippen molar-refractivity contribution in [2.75, 3.05) is 13.2 Å². The summed E-state index contributed by atoms with van der Waals surface area (Å²) in [5, 5.41) is 0. The number of rotatable bonds is 6. The molecule has 1 aromatic rings. The Labute approximate surface area is 115 Å². The van der Waals surface area contributed by atoms with E-state index in [9.17, 15) is 0 Å². The maximum absolute atomic E-state index is 5.67. The van der Waals surface area contributed by atoms with Gasteiger partial charge < -0.3 is 16.2 Å². The van der Waals surface area contributed by atoms with Gasteiger partial charge >= 0.3 is 0 Å². The third-order valence-electron chi connectivity index (χ3n) is 2.88. The van der Waals surface area contributed by atoms with Gasteiger partial charge in [-0.25, -0.2) is 0 Å². The molecule has 4 nitrogen and oxygen atoms in total. The van der Waals surface area contributed by atoms with Gasteiger partial charge in [0.1, 0.15) is 5.75 Å². The molecule has 0 bridgehead atoms. The van der Waals surface area contributed by atoms with E-state index in [1.807, 2.05) is 12.1 Å². The lowest BCUT2D eigenvalue weighted by Crippen LogP contribution is -2.28. The molecular weight excluding hydrogens is 238 g/mol. The first-order valence-electron chi connectivity index (χ1n) is 6.60. The van der Waals surface area contributed by atoms with Crippen LogP contribution in [0.4, 0.5) is 0 Å². The van der Waals surface area contributed by atoms with Crippen molar-refractivity contribution in [2.24, 2.45) is 22.4 Å². The Bertz CT molecular complexity index is 418. The Morgan fingerprint density at radius 1 is 1.21 bits per heavy atom. The van der Waals surface area contributed by atoms with Gasteiger partial charge in [-0.3, -0.25) is 4.99 Å². The standard InChI is InChI=1S/C15H25N3O/c1-11(2)9-19-13-7-5-12(6-8-13)15(3,4)10-18-14(16)17/h5-8,11H,9-10H2,1-4H3,(H4,16,17,18). The normalized spacial score (nSPS) is 11.4. The molecule has 0 fully saturated rings. The van der Waals surface area contributed by atoms with Gasteiger partial charge in [0.25, 0.3) is 0 Å². The van der Waals surface area contributed by atoms with Crippen molar-refractivity contribution in [1.29, 1.82) is 0 Å². The van der Waals surface area contributed by atoms with Gasteiger partial charge in [0.2, 0.25) is 0 Å². The lowest BCUT2D eigenvalue weighted by atomic mass is 9.85. The summed E-state index contributed by atoms with van der Waals surface area (Å²) in [7, 11) is 0. The van der Waals surface area contributed by atoms with E-state index in [4.69, 9.17) is 16.2 Å². The van der Waals surface area contributed by atoms with Crippen LogP contribution in [0.25, 0.3) is 0 Å². The van der Waals surface area contributed by atoms with Crippen LogP contribution in [0.3, 0.4) is 0 Å². The first kappa shape index (κ1) is 15.3. The maximum Gasteiger partial charge on any atom is 0.185 e. The van der Waals surface area contributed by atoms with Crippen molar-refractivity contribution in [1.82, 2.24) is 0 Å². The van der Waals surface area contributed by atoms with Crippen LogP contribution < -0.4 is 16.2 Å². The largest absolute Gasteiger partial charge is 0.493 e. The van der Waals surface area contributed by atoms with Gasteiger partial charge in [-0.15, -0.1) is 0 Å². The minimum Gasteiger partial charge on any atom is -0.493 e. The second-order valence-corrected chi connectivity index (χ2v) is 5.85. The van der Waals surface area contributed by atoms with Crippen LogP contribution in [0.15, 0.2) is 29.3 Å². The van der Waals surface area contributed by atoms with Gasteiger partial charge in [0.05, 0.1) is 13.2 Å². The highest BCUT2D eigenvalue weighted by atomic mass is 16.5. The zero-order chi connectivity index (χ0) is 14.5. The van der Waals surface area contributed by atoms with Crippen molar-refractivity contribution >= 4 is 5.96 Å². The maximum atomic E-state index is 5.67. The zero-order valence-electron chi connectivity index (χ0n) is 12.3. The lowest BCUT2D eigenvalue weighted by Gasteiger charge is -2.23. The second-order valence-electron chi connectivity index (χ2n) is 5.85. The van der Waals surface area contributed by atoms with E-state index in [1.165, 1.54) is 5.56 Å². The summed E-state index contributed by atoms with van der Waals surface area (Å²) in [6.45, 7) is 9.80. The molecule has 0 amide bonds. The molecule has 0 aromatic heterocycles. The summed E-state index contributed by atoms with van der Waals surface area (Å²) >= 11 is 0. The third kappa shape index (κ3) is 5.20. The Kier molecular flexibility index (Phi) is 5.21. The fourth-order valence-electron chi connectivity index (χ4n) is 1.65. The zero-order valence-corrected chi connectivity index (χ0v) is 12.3. The Morgan fingerprint density at radius 2 is 1.79 bits per heavy atom. The smallest absolute Gasteiger partial charge is 0.185 e. The first-order chi connectivity index (χ1) is 8.81. The molecule has 0 saturated carbocycles. The van der Waals surface area contributed by atoms with Gasteiger partial charge in [0.15, 0.2) is 5.96 Å². The van der Waals surface area contributed by atoms with E-state index in [2.05, 4.69) is 44.8 Å². The summed E-state index contributed by atoms with van der Waals surface area (Å²) in [5.74, 6) is 1.55. The molecule has 0 aliphatic rings. The fraction of sp³-hybridized carbons (Fsp3) is 0.533.